The standard InChI is InChI=1S/C16H16ClNOS/c1-10(2)12-5-3-4-6-14(12)19-15-8-7-11(16(18)20)9-13(15)17/h3-10H,1-2H3,(H2,18,20). The van der Waals surface area contributed by atoms with E-state index in [9.17, 15) is 0 Å². The van der Waals surface area contributed by atoms with E-state index in [1.54, 1.807) is 12.1 Å². The second-order valence-electron chi connectivity index (χ2n) is 4.80. The molecule has 0 spiro atoms. The number of hydrogen-bond acceptors (Lipinski definition) is 2. The predicted molar refractivity (Wildman–Crippen MR) is 87.9 cm³/mol. The summed E-state index contributed by atoms with van der Waals surface area (Å²) in [5.74, 6) is 1.79. The number of para-hydroxylation sites is 1. The molecule has 2 nitrogen and oxygen atoms in total. The van der Waals surface area contributed by atoms with Crippen LogP contribution in [0.5, 0.6) is 11.5 Å². The van der Waals surface area contributed by atoms with E-state index in [4.69, 9.17) is 34.3 Å². The van der Waals surface area contributed by atoms with E-state index in [1.807, 2.05) is 24.3 Å². The van der Waals surface area contributed by atoms with Crippen LogP contribution in [0.3, 0.4) is 0 Å². The van der Waals surface area contributed by atoms with Gasteiger partial charge >= 0.3 is 0 Å². The molecule has 0 heterocycles. The highest BCUT2D eigenvalue weighted by molar-refractivity contribution is 7.80. The molecule has 0 fully saturated rings. The average molecular weight is 306 g/mol. The Morgan fingerprint density at radius 2 is 1.85 bits per heavy atom. The summed E-state index contributed by atoms with van der Waals surface area (Å²) in [5, 5.41) is 0.494. The van der Waals surface area contributed by atoms with Crippen LogP contribution in [0, 0.1) is 0 Å². The Bertz CT molecular complexity index is 640. The van der Waals surface area contributed by atoms with Crippen LogP contribution in [0.1, 0.15) is 30.9 Å². The number of halogens is 1. The molecule has 0 atom stereocenters. The van der Waals surface area contributed by atoms with Crippen molar-refractivity contribution in [3.63, 3.8) is 0 Å². The maximum atomic E-state index is 6.22. The summed E-state index contributed by atoms with van der Waals surface area (Å²) < 4.78 is 5.92. The molecular weight excluding hydrogens is 290 g/mol. The van der Waals surface area contributed by atoms with Crippen molar-refractivity contribution < 1.29 is 4.74 Å². The van der Waals surface area contributed by atoms with Gasteiger partial charge in [-0.25, -0.2) is 0 Å². The first-order chi connectivity index (χ1) is 9.49. The summed E-state index contributed by atoms with van der Waals surface area (Å²) in [6.45, 7) is 4.25. The van der Waals surface area contributed by atoms with Gasteiger partial charge in [-0.05, 0) is 35.7 Å². The largest absolute Gasteiger partial charge is 0.456 e. The van der Waals surface area contributed by atoms with Crippen molar-refractivity contribution in [1.82, 2.24) is 0 Å². The van der Waals surface area contributed by atoms with Crippen LogP contribution in [0.15, 0.2) is 42.5 Å². The van der Waals surface area contributed by atoms with Crippen LogP contribution in [-0.4, -0.2) is 4.99 Å². The monoisotopic (exact) mass is 305 g/mol. The fourth-order valence-corrected chi connectivity index (χ4v) is 2.25. The maximum Gasteiger partial charge on any atom is 0.146 e. The summed E-state index contributed by atoms with van der Waals surface area (Å²) in [7, 11) is 0. The smallest absolute Gasteiger partial charge is 0.146 e. The van der Waals surface area contributed by atoms with E-state index in [0.717, 1.165) is 16.9 Å². The van der Waals surface area contributed by atoms with Gasteiger partial charge in [0.25, 0.3) is 0 Å². The zero-order chi connectivity index (χ0) is 14.7. The third kappa shape index (κ3) is 3.30. The molecule has 2 aromatic carbocycles. The molecule has 4 heteroatoms. The number of ether oxygens (including phenoxy) is 1. The summed E-state index contributed by atoms with van der Waals surface area (Å²) in [6.07, 6.45) is 0. The van der Waals surface area contributed by atoms with Crippen molar-refractivity contribution >= 4 is 28.8 Å². The molecule has 2 aromatic rings. The Hall–Kier alpha value is -1.58. The molecule has 0 bridgehead atoms. The van der Waals surface area contributed by atoms with Crippen LogP contribution in [0.2, 0.25) is 5.02 Å². The van der Waals surface area contributed by atoms with Crippen LogP contribution >= 0.6 is 23.8 Å². The molecule has 0 saturated heterocycles. The number of thiocarbonyl (C=S) groups is 1. The Morgan fingerprint density at radius 1 is 1.15 bits per heavy atom. The van der Waals surface area contributed by atoms with Crippen LogP contribution in [-0.2, 0) is 0 Å². The molecule has 0 aliphatic carbocycles. The van der Waals surface area contributed by atoms with E-state index in [-0.39, 0.29) is 0 Å². The first-order valence-electron chi connectivity index (χ1n) is 6.35. The van der Waals surface area contributed by atoms with Gasteiger partial charge in [0, 0.05) is 5.56 Å². The first-order valence-corrected chi connectivity index (χ1v) is 7.14. The SMILES string of the molecule is CC(C)c1ccccc1Oc1ccc(C(N)=S)cc1Cl. The number of hydrogen-bond donors (Lipinski definition) is 1. The van der Waals surface area contributed by atoms with Crippen molar-refractivity contribution in [2.45, 2.75) is 19.8 Å². The van der Waals surface area contributed by atoms with Crippen molar-refractivity contribution in [3.05, 3.63) is 58.6 Å². The molecule has 20 heavy (non-hydrogen) atoms. The molecule has 0 aliphatic heterocycles. The van der Waals surface area contributed by atoms with E-state index >= 15 is 0 Å². The van der Waals surface area contributed by atoms with Gasteiger partial charge in [-0.2, -0.15) is 0 Å². The molecule has 2 rings (SSSR count). The Balaban J connectivity index is 2.33. The van der Waals surface area contributed by atoms with Gasteiger partial charge in [-0.1, -0.05) is 55.9 Å². The zero-order valence-electron chi connectivity index (χ0n) is 11.4. The molecule has 0 radical (unpaired) electrons. The summed E-state index contributed by atoms with van der Waals surface area (Å²) in [5.41, 5.74) is 7.45. The third-order valence-corrected chi connectivity index (χ3v) is 3.51. The molecule has 0 saturated carbocycles. The highest BCUT2D eigenvalue weighted by atomic mass is 35.5. The highest BCUT2D eigenvalue weighted by Crippen LogP contribution is 2.34. The lowest BCUT2D eigenvalue weighted by Crippen LogP contribution is -2.09. The fourth-order valence-electron chi connectivity index (χ4n) is 1.91. The molecule has 104 valence electrons. The fraction of sp³-hybridized carbons (Fsp3) is 0.188. The van der Waals surface area contributed by atoms with Gasteiger partial charge in [0.05, 0.1) is 5.02 Å². The van der Waals surface area contributed by atoms with Gasteiger partial charge in [-0.15, -0.1) is 0 Å². The van der Waals surface area contributed by atoms with Crippen molar-refractivity contribution in [1.29, 1.82) is 0 Å². The Kier molecular flexibility index (Phi) is 4.63. The summed E-state index contributed by atoms with van der Waals surface area (Å²) in [6, 6.07) is 13.2. The summed E-state index contributed by atoms with van der Waals surface area (Å²) in [4.78, 5) is 0.320. The first kappa shape index (κ1) is 14.8. The van der Waals surface area contributed by atoms with E-state index in [1.165, 1.54) is 0 Å². The highest BCUT2D eigenvalue weighted by Gasteiger charge is 2.10. The topological polar surface area (TPSA) is 35.2 Å². The predicted octanol–water partition coefficient (Wildman–Crippen LogP) is 4.89. The molecule has 0 unspecified atom stereocenters. The minimum atomic E-state index is 0.320. The molecule has 0 aromatic heterocycles. The van der Waals surface area contributed by atoms with Crippen molar-refractivity contribution in [3.8, 4) is 11.5 Å². The van der Waals surface area contributed by atoms with Crippen LogP contribution in [0.4, 0.5) is 0 Å². The zero-order valence-corrected chi connectivity index (χ0v) is 13.0. The molecule has 0 aliphatic rings. The van der Waals surface area contributed by atoms with Gasteiger partial charge in [0.2, 0.25) is 0 Å². The van der Waals surface area contributed by atoms with Crippen molar-refractivity contribution in [2.75, 3.05) is 0 Å². The van der Waals surface area contributed by atoms with Gasteiger partial charge in [-0.3, -0.25) is 0 Å². The molecular formula is C16H16ClNOS. The summed E-state index contributed by atoms with van der Waals surface area (Å²) >= 11 is 11.1. The lowest BCUT2D eigenvalue weighted by molar-refractivity contribution is 0.473. The quantitative estimate of drug-likeness (QED) is 0.817. The normalized spacial score (nSPS) is 10.6. The van der Waals surface area contributed by atoms with Gasteiger partial charge in [0.15, 0.2) is 0 Å². The van der Waals surface area contributed by atoms with Crippen LogP contribution in [0.25, 0.3) is 0 Å². The molecule has 0 amide bonds. The van der Waals surface area contributed by atoms with E-state index < -0.39 is 0 Å². The van der Waals surface area contributed by atoms with E-state index in [0.29, 0.717) is 21.7 Å². The second kappa shape index (κ2) is 6.25. The minimum absolute atomic E-state index is 0.320. The number of nitrogens with two attached hydrogens (primary N) is 1. The Labute approximate surface area is 129 Å². The maximum absolute atomic E-state index is 6.22. The number of benzene rings is 2. The average Bonchev–Trinajstić information content (AvgIpc) is 2.41. The number of rotatable bonds is 4. The van der Waals surface area contributed by atoms with Crippen LogP contribution < -0.4 is 10.5 Å². The molecule has 2 N–H and O–H groups in total. The Morgan fingerprint density at radius 3 is 2.45 bits per heavy atom. The third-order valence-electron chi connectivity index (χ3n) is 2.98. The van der Waals surface area contributed by atoms with Crippen molar-refractivity contribution in [2.24, 2.45) is 5.73 Å². The van der Waals surface area contributed by atoms with E-state index in [2.05, 4.69) is 19.9 Å². The lowest BCUT2D eigenvalue weighted by Gasteiger charge is -2.14. The van der Waals surface area contributed by atoms with Gasteiger partial charge in [0.1, 0.15) is 16.5 Å². The minimum Gasteiger partial charge on any atom is -0.456 e. The lowest BCUT2D eigenvalue weighted by atomic mass is 10.0. The second-order valence-corrected chi connectivity index (χ2v) is 5.65. The van der Waals surface area contributed by atoms with Gasteiger partial charge < -0.3 is 10.5 Å².